The van der Waals surface area contributed by atoms with Crippen molar-refractivity contribution in [3.05, 3.63) is 205 Å². The van der Waals surface area contributed by atoms with Crippen molar-refractivity contribution in [1.82, 2.24) is 9.13 Å². The van der Waals surface area contributed by atoms with Crippen molar-refractivity contribution >= 4 is 54.4 Å². The fourth-order valence-electron chi connectivity index (χ4n) is 10.0. The first kappa shape index (κ1) is 32.1. The van der Waals surface area contributed by atoms with E-state index in [9.17, 15) is 0 Å². The summed E-state index contributed by atoms with van der Waals surface area (Å²) in [4.78, 5) is 0. The molecule has 0 unspecified atom stereocenters. The van der Waals surface area contributed by atoms with Crippen LogP contribution < -0.4 is 0 Å². The summed E-state index contributed by atoms with van der Waals surface area (Å²) >= 11 is 0. The number of nitrogens with zero attached hydrogens (tertiary/aromatic N) is 2. The van der Waals surface area contributed by atoms with Gasteiger partial charge in [-0.3, -0.25) is 0 Å². The fourth-order valence-corrected chi connectivity index (χ4v) is 10.0. The molecule has 57 heavy (non-hydrogen) atoms. The smallest absolute Gasteiger partial charge is 0.0541 e. The van der Waals surface area contributed by atoms with Gasteiger partial charge in [-0.2, -0.15) is 0 Å². The molecule has 2 heterocycles. The van der Waals surface area contributed by atoms with Crippen LogP contribution >= 0.6 is 0 Å². The summed E-state index contributed by atoms with van der Waals surface area (Å²) < 4.78 is 4.77. The molecule has 1 aliphatic carbocycles. The van der Waals surface area contributed by atoms with Gasteiger partial charge >= 0.3 is 0 Å². The van der Waals surface area contributed by atoms with Crippen LogP contribution in [0.25, 0.3) is 99.1 Å². The zero-order valence-electron chi connectivity index (χ0n) is 31.9. The topological polar surface area (TPSA) is 9.86 Å². The van der Waals surface area contributed by atoms with E-state index in [-0.39, 0.29) is 5.41 Å². The summed E-state index contributed by atoms with van der Waals surface area (Å²) in [5, 5.41) is 7.70. The summed E-state index contributed by atoms with van der Waals surface area (Å²) in [5.41, 5.74) is 17.6. The molecule has 0 saturated carbocycles. The lowest BCUT2D eigenvalue weighted by atomic mass is 9.79. The molecule has 0 N–H and O–H groups in total. The fraction of sp³-hybridized carbons (Fsp3) is 0.0545. The van der Waals surface area contributed by atoms with Crippen molar-refractivity contribution < 1.29 is 0 Å². The molecule has 2 heteroatoms. The Hall–Kier alpha value is -7.16. The molecule has 0 atom stereocenters. The predicted molar refractivity (Wildman–Crippen MR) is 241 cm³/mol. The van der Waals surface area contributed by atoms with E-state index in [1.54, 1.807) is 0 Å². The van der Waals surface area contributed by atoms with Gasteiger partial charge in [-0.1, -0.05) is 135 Å². The van der Waals surface area contributed by atoms with Gasteiger partial charge in [0.2, 0.25) is 0 Å². The molecule has 0 fully saturated rings. The Kier molecular flexibility index (Phi) is 6.72. The van der Waals surface area contributed by atoms with E-state index in [2.05, 4.69) is 217 Å². The SMILES string of the molecule is CC1(C)c2cc(-c3ccc4c(c3)c3ccccc3n4-c3ccccc3)ccc2-c2ccc3cc(-c4ccc5c(c4)c4ccccc4n5-c4ccccc4)ccc3c21. The third-order valence-electron chi connectivity index (χ3n) is 12.7. The van der Waals surface area contributed by atoms with Gasteiger partial charge in [0.1, 0.15) is 0 Å². The first-order valence-corrected chi connectivity index (χ1v) is 19.9. The van der Waals surface area contributed by atoms with E-state index in [0.29, 0.717) is 0 Å². The minimum Gasteiger partial charge on any atom is -0.309 e. The number of para-hydroxylation sites is 4. The Morgan fingerprint density at radius 2 is 0.789 bits per heavy atom. The third-order valence-corrected chi connectivity index (χ3v) is 12.7. The average Bonchev–Trinajstić information content (AvgIpc) is 3.86. The van der Waals surface area contributed by atoms with Crippen molar-refractivity contribution in [1.29, 1.82) is 0 Å². The molecule has 0 amide bonds. The summed E-state index contributed by atoms with van der Waals surface area (Å²) in [7, 11) is 0. The minimum atomic E-state index is -0.159. The van der Waals surface area contributed by atoms with E-state index in [1.807, 2.05) is 0 Å². The van der Waals surface area contributed by atoms with Gasteiger partial charge in [-0.25, -0.2) is 0 Å². The molecule has 268 valence electrons. The van der Waals surface area contributed by atoms with Gasteiger partial charge in [-0.05, 0) is 128 Å². The van der Waals surface area contributed by atoms with E-state index in [0.717, 1.165) is 0 Å². The molecular weight excluding hydrogens is 689 g/mol. The molecule has 2 nitrogen and oxygen atoms in total. The van der Waals surface area contributed by atoms with Crippen LogP contribution in [0.1, 0.15) is 25.0 Å². The van der Waals surface area contributed by atoms with Crippen molar-refractivity contribution in [2.45, 2.75) is 19.3 Å². The second-order valence-corrected chi connectivity index (χ2v) is 16.1. The van der Waals surface area contributed by atoms with Crippen molar-refractivity contribution in [2.24, 2.45) is 0 Å². The standard InChI is InChI=1S/C55H38N2/c1-55(2)49-34-38(37-25-30-53-48(33-37)45-18-10-12-20-51(45)57(53)41-15-7-4-8-16-41)22-27-43(49)46-28-23-39-31-35(21-26-42(39)54(46)55)36-24-29-52-47(32-36)44-17-9-11-19-50(44)56(52)40-13-5-3-6-14-40/h3-34H,1-2H3. The summed E-state index contributed by atoms with van der Waals surface area (Å²) in [6.07, 6.45) is 0. The van der Waals surface area contributed by atoms with Gasteiger partial charge < -0.3 is 9.13 Å². The Morgan fingerprint density at radius 1 is 0.333 bits per heavy atom. The van der Waals surface area contributed by atoms with Gasteiger partial charge in [-0.15, -0.1) is 0 Å². The van der Waals surface area contributed by atoms with Gasteiger partial charge in [0.05, 0.1) is 22.1 Å². The highest BCUT2D eigenvalue weighted by molar-refractivity contribution is 6.12. The van der Waals surface area contributed by atoms with Crippen molar-refractivity contribution in [3.8, 4) is 44.8 Å². The summed E-state index contributed by atoms with van der Waals surface area (Å²) in [5.74, 6) is 0. The van der Waals surface area contributed by atoms with Crippen LogP contribution in [-0.4, -0.2) is 9.13 Å². The number of rotatable bonds is 4. The number of hydrogen-bond acceptors (Lipinski definition) is 0. The van der Waals surface area contributed by atoms with Crippen LogP contribution in [0, 0.1) is 0 Å². The monoisotopic (exact) mass is 726 g/mol. The van der Waals surface area contributed by atoms with Crippen LogP contribution in [0.4, 0.5) is 0 Å². The van der Waals surface area contributed by atoms with Crippen LogP contribution in [0.5, 0.6) is 0 Å². The Morgan fingerprint density at radius 3 is 1.39 bits per heavy atom. The lowest BCUT2D eigenvalue weighted by molar-refractivity contribution is 0.666. The summed E-state index contributed by atoms with van der Waals surface area (Å²) in [6, 6.07) is 71.7. The normalized spacial score (nSPS) is 13.2. The molecule has 9 aromatic carbocycles. The molecule has 11 aromatic rings. The molecule has 2 aromatic heterocycles. The van der Waals surface area contributed by atoms with Gasteiger partial charge in [0.25, 0.3) is 0 Å². The Labute approximate surface area is 331 Å². The first-order chi connectivity index (χ1) is 28.0. The van der Waals surface area contributed by atoms with Crippen LogP contribution in [-0.2, 0) is 5.41 Å². The molecule has 0 saturated heterocycles. The van der Waals surface area contributed by atoms with Gasteiger partial charge in [0, 0.05) is 38.3 Å². The Bertz CT molecular complexity index is 3420. The zero-order valence-corrected chi connectivity index (χ0v) is 31.9. The van der Waals surface area contributed by atoms with E-state index in [1.165, 1.54) is 110 Å². The van der Waals surface area contributed by atoms with Crippen LogP contribution in [0.2, 0.25) is 0 Å². The number of hydrogen-bond donors (Lipinski definition) is 0. The van der Waals surface area contributed by atoms with Crippen LogP contribution in [0.15, 0.2) is 194 Å². The molecule has 0 spiro atoms. The van der Waals surface area contributed by atoms with Gasteiger partial charge in [0.15, 0.2) is 0 Å². The second kappa shape index (κ2) is 11.9. The lowest BCUT2D eigenvalue weighted by Gasteiger charge is -2.24. The molecule has 0 aliphatic heterocycles. The molecular formula is C55H38N2. The average molecular weight is 727 g/mol. The van der Waals surface area contributed by atoms with E-state index < -0.39 is 0 Å². The first-order valence-electron chi connectivity index (χ1n) is 19.9. The highest BCUT2D eigenvalue weighted by atomic mass is 15.0. The quantitative estimate of drug-likeness (QED) is 0.171. The third kappa shape index (κ3) is 4.65. The Balaban J connectivity index is 0.939. The second-order valence-electron chi connectivity index (χ2n) is 16.1. The largest absolute Gasteiger partial charge is 0.309 e. The summed E-state index contributed by atoms with van der Waals surface area (Å²) in [6.45, 7) is 4.81. The number of aromatic nitrogens is 2. The lowest BCUT2D eigenvalue weighted by Crippen LogP contribution is -2.15. The van der Waals surface area contributed by atoms with E-state index >= 15 is 0 Å². The number of fused-ring (bicyclic) bond motifs is 11. The number of benzene rings is 9. The molecule has 0 radical (unpaired) electrons. The van der Waals surface area contributed by atoms with E-state index in [4.69, 9.17) is 0 Å². The highest BCUT2D eigenvalue weighted by Crippen LogP contribution is 2.52. The van der Waals surface area contributed by atoms with Crippen LogP contribution in [0.3, 0.4) is 0 Å². The predicted octanol–water partition coefficient (Wildman–Crippen LogP) is 14.7. The molecule has 12 rings (SSSR count). The maximum absolute atomic E-state index is 2.45. The maximum Gasteiger partial charge on any atom is 0.0541 e. The van der Waals surface area contributed by atoms with Crippen molar-refractivity contribution in [2.75, 3.05) is 0 Å². The molecule has 0 bridgehead atoms. The molecule has 1 aliphatic rings. The highest BCUT2D eigenvalue weighted by Gasteiger charge is 2.37. The minimum absolute atomic E-state index is 0.159. The maximum atomic E-state index is 2.45. The zero-order chi connectivity index (χ0) is 37.8. The van der Waals surface area contributed by atoms with Crippen molar-refractivity contribution in [3.63, 3.8) is 0 Å².